The summed E-state index contributed by atoms with van der Waals surface area (Å²) in [6.45, 7) is 7.65. The normalized spacial score (nSPS) is 13.5. The van der Waals surface area contributed by atoms with Gasteiger partial charge in [0, 0.05) is 18.3 Å². The Balaban J connectivity index is 1.65. The quantitative estimate of drug-likeness (QED) is 0.399. The van der Waals surface area contributed by atoms with Crippen LogP contribution < -0.4 is 4.74 Å². The molecule has 0 spiro atoms. The molecule has 1 N–H and O–H groups in total. The van der Waals surface area contributed by atoms with Crippen LogP contribution in [0.2, 0.25) is 0 Å². The summed E-state index contributed by atoms with van der Waals surface area (Å²) in [5.74, 6) is 3.20. The molecule has 2 rings (SSSR count). The zero-order valence-electron chi connectivity index (χ0n) is 16.8. The molecule has 2 aromatic rings. The molecular weight excluding hydrogens is 320 g/mol. The minimum atomic E-state index is 0.505. The standard InChI is InChI=1S/C23H36N2O/c1-4-5-6-7-8-18-26-22-14-12-21(13-15-22)19(2)10-9-11-20(3)23-24-16-17-25-23/h12-17,19-20H,4-11,18H2,1-3H3,(H,24,25). The third-order valence-corrected chi connectivity index (χ3v) is 5.23. The van der Waals surface area contributed by atoms with E-state index < -0.39 is 0 Å². The number of hydrogen-bond donors (Lipinski definition) is 1. The van der Waals surface area contributed by atoms with Gasteiger partial charge in [0.2, 0.25) is 0 Å². The molecule has 0 amide bonds. The second-order valence-corrected chi connectivity index (χ2v) is 7.54. The molecule has 0 aliphatic heterocycles. The first-order valence-corrected chi connectivity index (χ1v) is 10.4. The Morgan fingerprint density at radius 1 is 0.923 bits per heavy atom. The highest BCUT2D eigenvalue weighted by Gasteiger charge is 2.10. The minimum Gasteiger partial charge on any atom is -0.494 e. The van der Waals surface area contributed by atoms with Gasteiger partial charge >= 0.3 is 0 Å². The Morgan fingerprint density at radius 3 is 2.35 bits per heavy atom. The number of aromatic nitrogens is 2. The predicted molar refractivity (Wildman–Crippen MR) is 110 cm³/mol. The molecule has 1 aromatic carbocycles. The van der Waals surface area contributed by atoms with Gasteiger partial charge in [0.15, 0.2) is 0 Å². The van der Waals surface area contributed by atoms with Crippen molar-refractivity contribution in [3.8, 4) is 5.75 Å². The number of ether oxygens (including phenoxy) is 1. The molecule has 144 valence electrons. The SMILES string of the molecule is CCCCCCCOc1ccc(C(C)CCCC(C)c2ncc[nH]2)cc1. The summed E-state index contributed by atoms with van der Waals surface area (Å²) < 4.78 is 5.86. The summed E-state index contributed by atoms with van der Waals surface area (Å²) in [4.78, 5) is 7.58. The number of unbranched alkanes of at least 4 members (excludes halogenated alkanes) is 4. The highest BCUT2D eigenvalue weighted by atomic mass is 16.5. The Morgan fingerprint density at radius 2 is 1.65 bits per heavy atom. The summed E-state index contributed by atoms with van der Waals surface area (Å²) >= 11 is 0. The predicted octanol–water partition coefficient (Wildman–Crippen LogP) is 6.84. The van der Waals surface area contributed by atoms with E-state index in [1.54, 1.807) is 0 Å². The minimum absolute atomic E-state index is 0.505. The Bertz CT molecular complexity index is 577. The summed E-state index contributed by atoms with van der Waals surface area (Å²) in [5, 5.41) is 0. The lowest BCUT2D eigenvalue weighted by Crippen LogP contribution is -2.00. The third-order valence-electron chi connectivity index (χ3n) is 5.23. The van der Waals surface area contributed by atoms with Crippen molar-refractivity contribution in [3.05, 3.63) is 48.0 Å². The summed E-state index contributed by atoms with van der Waals surface area (Å²) in [5.41, 5.74) is 1.41. The van der Waals surface area contributed by atoms with Crippen LogP contribution in [0.25, 0.3) is 0 Å². The van der Waals surface area contributed by atoms with E-state index in [1.165, 1.54) is 50.5 Å². The van der Waals surface area contributed by atoms with Gasteiger partial charge in [-0.2, -0.15) is 0 Å². The van der Waals surface area contributed by atoms with Crippen LogP contribution in [0.15, 0.2) is 36.7 Å². The number of nitrogens with one attached hydrogen (secondary N) is 1. The van der Waals surface area contributed by atoms with Crippen LogP contribution in [0.5, 0.6) is 5.75 Å². The van der Waals surface area contributed by atoms with Gasteiger partial charge in [-0.25, -0.2) is 4.98 Å². The maximum Gasteiger partial charge on any atom is 0.119 e. The molecule has 0 radical (unpaired) electrons. The lowest BCUT2D eigenvalue weighted by atomic mass is 9.93. The molecule has 1 heterocycles. The van der Waals surface area contributed by atoms with Crippen LogP contribution in [-0.2, 0) is 0 Å². The van der Waals surface area contributed by atoms with Gasteiger partial charge in [0.1, 0.15) is 11.6 Å². The second-order valence-electron chi connectivity index (χ2n) is 7.54. The fourth-order valence-corrected chi connectivity index (χ4v) is 3.37. The number of imidazole rings is 1. The van der Waals surface area contributed by atoms with Crippen molar-refractivity contribution >= 4 is 0 Å². The molecule has 2 unspecified atom stereocenters. The maximum absolute atomic E-state index is 5.86. The van der Waals surface area contributed by atoms with E-state index in [1.807, 2.05) is 12.4 Å². The molecule has 0 bridgehead atoms. The van der Waals surface area contributed by atoms with Crippen LogP contribution in [-0.4, -0.2) is 16.6 Å². The summed E-state index contributed by atoms with van der Waals surface area (Å²) in [7, 11) is 0. The van der Waals surface area contributed by atoms with Gasteiger partial charge in [0.25, 0.3) is 0 Å². The first kappa shape index (κ1) is 20.5. The van der Waals surface area contributed by atoms with Crippen molar-refractivity contribution < 1.29 is 4.74 Å². The molecular formula is C23H36N2O. The third kappa shape index (κ3) is 7.23. The zero-order chi connectivity index (χ0) is 18.6. The number of aromatic amines is 1. The highest BCUT2D eigenvalue weighted by molar-refractivity contribution is 5.29. The number of nitrogens with zero attached hydrogens (tertiary/aromatic N) is 1. The molecule has 0 saturated heterocycles. The van der Waals surface area contributed by atoms with Crippen LogP contribution in [0, 0.1) is 0 Å². The lowest BCUT2D eigenvalue weighted by Gasteiger charge is -2.14. The zero-order valence-corrected chi connectivity index (χ0v) is 16.8. The average molecular weight is 357 g/mol. The van der Waals surface area contributed by atoms with E-state index in [2.05, 4.69) is 55.0 Å². The monoisotopic (exact) mass is 356 g/mol. The first-order chi connectivity index (χ1) is 12.7. The van der Waals surface area contributed by atoms with Gasteiger partial charge in [-0.05, 0) is 42.9 Å². The fraction of sp³-hybridized carbons (Fsp3) is 0.609. The van der Waals surface area contributed by atoms with Gasteiger partial charge < -0.3 is 9.72 Å². The second kappa shape index (κ2) is 11.8. The Kier molecular flexibility index (Phi) is 9.30. The number of H-pyrrole nitrogens is 1. The van der Waals surface area contributed by atoms with Crippen molar-refractivity contribution in [2.75, 3.05) is 6.61 Å². The summed E-state index contributed by atoms with van der Waals surface area (Å²) in [6, 6.07) is 8.72. The van der Waals surface area contributed by atoms with E-state index in [9.17, 15) is 0 Å². The van der Waals surface area contributed by atoms with Crippen molar-refractivity contribution in [2.24, 2.45) is 0 Å². The highest BCUT2D eigenvalue weighted by Crippen LogP contribution is 2.26. The number of rotatable bonds is 13. The van der Waals surface area contributed by atoms with Crippen molar-refractivity contribution in [1.82, 2.24) is 9.97 Å². The largest absolute Gasteiger partial charge is 0.494 e. The smallest absolute Gasteiger partial charge is 0.119 e. The van der Waals surface area contributed by atoms with E-state index in [-0.39, 0.29) is 0 Å². The molecule has 0 aliphatic rings. The van der Waals surface area contributed by atoms with Crippen molar-refractivity contribution in [2.45, 2.75) is 84.0 Å². The van der Waals surface area contributed by atoms with E-state index in [0.717, 1.165) is 24.6 Å². The molecule has 0 aliphatic carbocycles. The molecule has 0 saturated carbocycles. The number of hydrogen-bond acceptors (Lipinski definition) is 2. The van der Waals surface area contributed by atoms with E-state index >= 15 is 0 Å². The van der Waals surface area contributed by atoms with Gasteiger partial charge in [0.05, 0.1) is 6.61 Å². The Hall–Kier alpha value is -1.77. The molecule has 3 heteroatoms. The first-order valence-electron chi connectivity index (χ1n) is 10.4. The van der Waals surface area contributed by atoms with Gasteiger partial charge in [-0.1, -0.05) is 65.0 Å². The van der Waals surface area contributed by atoms with Crippen LogP contribution in [0.1, 0.15) is 95.4 Å². The Labute approximate surface area is 159 Å². The fourth-order valence-electron chi connectivity index (χ4n) is 3.37. The molecule has 3 nitrogen and oxygen atoms in total. The molecule has 2 atom stereocenters. The van der Waals surface area contributed by atoms with Crippen LogP contribution in [0.3, 0.4) is 0 Å². The van der Waals surface area contributed by atoms with Crippen molar-refractivity contribution in [1.29, 1.82) is 0 Å². The maximum atomic E-state index is 5.86. The topological polar surface area (TPSA) is 37.9 Å². The summed E-state index contributed by atoms with van der Waals surface area (Å²) in [6.07, 6.45) is 13.8. The molecule has 0 fully saturated rings. The van der Waals surface area contributed by atoms with Gasteiger partial charge in [-0.3, -0.25) is 0 Å². The lowest BCUT2D eigenvalue weighted by molar-refractivity contribution is 0.304. The van der Waals surface area contributed by atoms with E-state index in [4.69, 9.17) is 4.74 Å². The molecule has 1 aromatic heterocycles. The van der Waals surface area contributed by atoms with Crippen LogP contribution >= 0.6 is 0 Å². The van der Waals surface area contributed by atoms with Gasteiger partial charge in [-0.15, -0.1) is 0 Å². The number of benzene rings is 1. The van der Waals surface area contributed by atoms with Crippen molar-refractivity contribution in [3.63, 3.8) is 0 Å². The van der Waals surface area contributed by atoms with Crippen LogP contribution in [0.4, 0.5) is 0 Å². The van der Waals surface area contributed by atoms with E-state index in [0.29, 0.717) is 11.8 Å². The molecule has 26 heavy (non-hydrogen) atoms. The average Bonchev–Trinajstić information content (AvgIpc) is 3.20.